The van der Waals surface area contributed by atoms with Crippen molar-refractivity contribution in [3.05, 3.63) is 274 Å². The summed E-state index contributed by atoms with van der Waals surface area (Å²) in [6.45, 7) is 48.4. The number of fused-ring (bicyclic) bond motifs is 3. The SMILES string of the molecule is C1C2CC3CC1CC(C2)C3.CC.CC.CC.CC.CC.CC.CC.CC.CC.CC.Cc1ccc(C)cc1.Cc1ccc(C)cc1.c1ccc(C2(c3ccccc3)CCCCCCCCCCC2)cc1.c1ccc(C2(c3ccccc3)c3ccccc3-c3ccccc32)cc1. The lowest BCUT2D eigenvalue weighted by Crippen LogP contribution is -2.38. The van der Waals surface area contributed by atoms with Crippen LogP contribution < -0.4 is 0 Å². The van der Waals surface area contributed by atoms with Gasteiger partial charge in [-0.05, 0) is 147 Å². The molecule has 5 saturated carbocycles. The molecule has 8 aromatic rings. The van der Waals surface area contributed by atoms with Gasteiger partial charge in [-0.15, -0.1) is 0 Å². The van der Waals surface area contributed by atoms with Crippen LogP contribution in [0.15, 0.2) is 218 Å². The lowest BCUT2D eigenvalue weighted by Gasteiger charge is -2.49. The zero-order chi connectivity index (χ0) is 71.7. The Morgan fingerprint density at radius 2 is 0.400 bits per heavy atom. The van der Waals surface area contributed by atoms with E-state index < -0.39 is 0 Å². The lowest BCUT2D eigenvalue weighted by molar-refractivity contribution is 0.0198. The molecule has 0 saturated heterocycles. The lowest BCUT2D eigenvalue weighted by atomic mass is 9.56. The third-order valence-corrected chi connectivity index (χ3v) is 17.7. The number of benzene rings is 8. The summed E-state index contributed by atoms with van der Waals surface area (Å²) in [5.41, 5.74) is 16.4. The van der Waals surface area contributed by atoms with Crippen LogP contribution in [0.1, 0.15) is 303 Å². The first-order valence-electron chi connectivity index (χ1n) is 39.3. The van der Waals surface area contributed by atoms with Gasteiger partial charge in [-0.25, -0.2) is 0 Å². The highest BCUT2D eigenvalue weighted by molar-refractivity contribution is 5.86. The molecular formula is C95H146. The molecule has 0 heterocycles. The van der Waals surface area contributed by atoms with Crippen LogP contribution in [-0.2, 0) is 10.8 Å². The van der Waals surface area contributed by atoms with Gasteiger partial charge in [0.05, 0.1) is 5.41 Å². The minimum absolute atomic E-state index is 0.210. The average Bonchev–Trinajstić information content (AvgIpc) is 1.56. The third-order valence-electron chi connectivity index (χ3n) is 17.7. The average molecular weight is 1290 g/mol. The van der Waals surface area contributed by atoms with Gasteiger partial charge in [0.2, 0.25) is 0 Å². The van der Waals surface area contributed by atoms with E-state index in [0.29, 0.717) is 0 Å². The predicted octanol–water partition coefficient (Wildman–Crippen LogP) is 31.0. The molecule has 0 atom stereocenters. The first-order valence-corrected chi connectivity index (χ1v) is 39.3. The zero-order valence-corrected chi connectivity index (χ0v) is 66.1. The van der Waals surface area contributed by atoms with Crippen LogP contribution in [0.4, 0.5) is 0 Å². The van der Waals surface area contributed by atoms with Crippen molar-refractivity contribution in [2.75, 3.05) is 0 Å². The minimum atomic E-state index is -0.254. The smallest absolute Gasteiger partial charge is 0.0683 e. The second kappa shape index (κ2) is 58.0. The number of aryl methyl sites for hydroxylation is 4. The highest BCUT2D eigenvalue weighted by Gasteiger charge is 2.46. The zero-order valence-electron chi connectivity index (χ0n) is 66.1. The van der Waals surface area contributed by atoms with Crippen LogP contribution in [-0.4, -0.2) is 0 Å². The Kier molecular flexibility index (Phi) is 55.4. The minimum Gasteiger partial charge on any atom is -0.0683 e. The van der Waals surface area contributed by atoms with E-state index >= 15 is 0 Å². The standard InChI is InChI=1S/C25H18.C24H32.C10H16.2C8H10.10C2H6/c1-3-11-19(12-4-1)25(20-13-5-2-6-14-20)23-17-9-7-15-21(23)22-16-8-10-18-24(22)25;1-2-4-6-14-20-24(21-15-7-5-3-1,22-16-10-8-11-17-22)23-18-12-9-13-19-23;1-7-2-9-4-8(1)5-10(3-7)6-9;2*1-7-3-5-8(2)6-4-7;10*1-2/h1-18H;8-13,16-19H,1-7,14-15,20-21H2;7-10H,1-6H2;2*3-6H,1-2H3;10*1-2H3. The van der Waals surface area contributed by atoms with Crippen LogP contribution in [0.2, 0.25) is 0 Å². The summed E-state index contributed by atoms with van der Waals surface area (Å²) < 4.78 is 0. The first-order chi connectivity index (χ1) is 46.8. The van der Waals surface area contributed by atoms with E-state index in [9.17, 15) is 0 Å². The van der Waals surface area contributed by atoms with Gasteiger partial charge in [0.25, 0.3) is 0 Å². The molecule has 0 unspecified atom stereocenters. The summed E-state index contributed by atoms with van der Waals surface area (Å²) in [5, 5.41) is 0. The fraction of sp³-hybridized carbons (Fsp3) is 0.495. The Balaban J connectivity index is 0. The van der Waals surface area contributed by atoms with Crippen molar-refractivity contribution in [1.29, 1.82) is 0 Å². The number of hydrogen-bond donors (Lipinski definition) is 0. The van der Waals surface area contributed by atoms with Crippen molar-refractivity contribution in [2.24, 2.45) is 23.7 Å². The Labute approximate surface area is 591 Å². The van der Waals surface area contributed by atoms with E-state index in [0.717, 1.165) is 0 Å². The summed E-state index contributed by atoms with van der Waals surface area (Å²) in [6.07, 6.45) is 24.8. The molecule has 0 N–H and O–H groups in total. The highest BCUT2D eigenvalue weighted by atomic mass is 14.5. The molecule has 4 bridgehead atoms. The van der Waals surface area contributed by atoms with Crippen LogP contribution in [0.5, 0.6) is 0 Å². The van der Waals surface area contributed by atoms with Crippen molar-refractivity contribution < 1.29 is 0 Å². The van der Waals surface area contributed by atoms with E-state index in [1.807, 2.05) is 138 Å². The van der Waals surface area contributed by atoms with Crippen molar-refractivity contribution in [3.63, 3.8) is 0 Å². The largest absolute Gasteiger partial charge is 0.0713 e. The molecule has 14 rings (SSSR count). The molecule has 0 nitrogen and oxygen atoms in total. The van der Waals surface area contributed by atoms with Gasteiger partial charge in [-0.3, -0.25) is 0 Å². The summed E-state index contributed by atoms with van der Waals surface area (Å²) in [4.78, 5) is 0. The predicted molar refractivity (Wildman–Crippen MR) is 435 cm³/mol. The molecule has 6 aliphatic carbocycles. The van der Waals surface area contributed by atoms with Gasteiger partial charge in [-0.1, -0.05) is 437 Å². The molecule has 0 amide bonds. The van der Waals surface area contributed by atoms with Crippen molar-refractivity contribution in [1.82, 2.24) is 0 Å². The fourth-order valence-corrected chi connectivity index (χ4v) is 14.1. The van der Waals surface area contributed by atoms with Crippen molar-refractivity contribution in [3.8, 4) is 11.1 Å². The van der Waals surface area contributed by atoms with Gasteiger partial charge >= 0.3 is 0 Å². The van der Waals surface area contributed by atoms with Crippen molar-refractivity contribution >= 4 is 0 Å². The van der Waals surface area contributed by atoms with E-state index in [4.69, 9.17) is 0 Å². The molecule has 6 aliphatic rings. The molecule has 0 radical (unpaired) electrons. The molecule has 8 aromatic carbocycles. The van der Waals surface area contributed by atoms with E-state index in [2.05, 4.69) is 246 Å². The highest BCUT2D eigenvalue weighted by Crippen LogP contribution is 2.56. The van der Waals surface area contributed by atoms with Gasteiger partial charge in [0.15, 0.2) is 0 Å². The molecule has 0 aromatic heterocycles. The van der Waals surface area contributed by atoms with Gasteiger partial charge < -0.3 is 0 Å². The second-order valence-corrected chi connectivity index (χ2v) is 23.3. The second-order valence-electron chi connectivity index (χ2n) is 23.3. The van der Waals surface area contributed by atoms with Gasteiger partial charge in [0.1, 0.15) is 0 Å². The molecule has 5 fully saturated rings. The van der Waals surface area contributed by atoms with E-state index in [1.54, 1.807) is 38.5 Å². The fourth-order valence-electron chi connectivity index (χ4n) is 14.1. The summed E-state index contributed by atoms with van der Waals surface area (Å²) in [5.74, 6) is 4.71. The number of hydrogen-bond acceptors (Lipinski definition) is 0. The maximum Gasteiger partial charge on any atom is 0.0713 e. The maximum absolute atomic E-state index is 2.36. The summed E-state index contributed by atoms with van der Waals surface area (Å²) in [6, 6.07) is 79.0. The third kappa shape index (κ3) is 29.6. The Bertz CT molecular complexity index is 2610. The van der Waals surface area contributed by atoms with Crippen LogP contribution in [0, 0.1) is 51.4 Å². The molecule has 526 valence electrons. The molecule has 0 heteroatoms. The molecular weight excluding hydrogens is 1140 g/mol. The summed E-state index contributed by atoms with van der Waals surface area (Å²) >= 11 is 0. The van der Waals surface area contributed by atoms with Gasteiger partial charge in [0, 0.05) is 5.41 Å². The van der Waals surface area contributed by atoms with Crippen molar-refractivity contribution in [2.45, 2.75) is 286 Å². The molecule has 0 aliphatic heterocycles. The topological polar surface area (TPSA) is 0 Å². The van der Waals surface area contributed by atoms with E-state index in [-0.39, 0.29) is 10.8 Å². The van der Waals surface area contributed by atoms with Crippen LogP contribution in [0.3, 0.4) is 0 Å². The Morgan fingerprint density at radius 1 is 0.211 bits per heavy atom. The Morgan fingerprint density at radius 3 is 0.632 bits per heavy atom. The summed E-state index contributed by atoms with van der Waals surface area (Å²) in [7, 11) is 0. The molecule has 95 heavy (non-hydrogen) atoms. The Hall–Kier alpha value is -6.24. The molecule has 0 spiro atoms. The maximum atomic E-state index is 2.36. The number of rotatable bonds is 4. The van der Waals surface area contributed by atoms with E-state index in [1.165, 1.54) is 161 Å². The van der Waals surface area contributed by atoms with Crippen LogP contribution >= 0.6 is 0 Å². The monoisotopic (exact) mass is 1290 g/mol. The first kappa shape index (κ1) is 90.8. The van der Waals surface area contributed by atoms with Crippen LogP contribution in [0.25, 0.3) is 11.1 Å². The van der Waals surface area contributed by atoms with Gasteiger partial charge in [-0.2, -0.15) is 0 Å². The quantitative estimate of drug-likeness (QED) is 0.165. The normalized spacial score (nSPS) is 16.9.